The highest BCUT2D eigenvalue weighted by Gasteiger charge is 2.13. The first-order valence-corrected chi connectivity index (χ1v) is 11.9. The molecule has 1 atom stereocenters. The van der Waals surface area contributed by atoms with Crippen LogP contribution in [-0.4, -0.2) is 25.2 Å². The quantitative estimate of drug-likeness (QED) is 0.210. The van der Waals surface area contributed by atoms with E-state index in [0.29, 0.717) is 30.3 Å². The second-order valence-corrected chi connectivity index (χ2v) is 8.68. The van der Waals surface area contributed by atoms with Crippen LogP contribution < -0.4 is 0 Å². The first-order valence-electron chi connectivity index (χ1n) is 11.9. The molecular weight excluding hydrogens is 376 g/mol. The van der Waals surface area contributed by atoms with Crippen LogP contribution in [0.2, 0.25) is 0 Å². The number of benzene rings is 1. The highest BCUT2D eigenvalue weighted by molar-refractivity contribution is 5.93. The van der Waals surface area contributed by atoms with Gasteiger partial charge < -0.3 is 9.47 Å². The summed E-state index contributed by atoms with van der Waals surface area (Å²) < 4.78 is 10.8. The lowest BCUT2D eigenvalue weighted by molar-refractivity contribution is 0.0425. The number of carbonyl (C=O) groups excluding carboxylic acids is 2. The maximum absolute atomic E-state index is 12.2. The van der Waals surface area contributed by atoms with Gasteiger partial charge in [0, 0.05) is 0 Å². The van der Waals surface area contributed by atoms with E-state index in [1.807, 2.05) is 0 Å². The largest absolute Gasteiger partial charge is 0.462 e. The third kappa shape index (κ3) is 11.4. The average Bonchev–Trinajstić information content (AvgIpc) is 2.75. The summed E-state index contributed by atoms with van der Waals surface area (Å²) in [5.41, 5.74) is 0.941. The third-order valence-corrected chi connectivity index (χ3v) is 5.51. The average molecular weight is 419 g/mol. The van der Waals surface area contributed by atoms with Gasteiger partial charge >= 0.3 is 11.9 Å². The van der Waals surface area contributed by atoms with Gasteiger partial charge in [-0.3, -0.25) is 0 Å². The van der Waals surface area contributed by atoms with Crippen LogP contribution in [0.15, 0.2) is 24.3 Å². The summed E-state index contributed by atoms with van der Waals surface area (Å²) in [5.74, 6) is 0.527. The van der Waals surface area contributed by atoms with Crippen LogP contribution in [0.5, 0.6) is 0 Å². The lowest BCUT2D eigenvalue weighted by Gasteiger charge is -2.14. The minimum absolute atomic E-state index is 0.331. The number of ether oxygens (including phenoxy) is 2. The summed E-state index contributed by atoms with van der Waals surface area (Å²) in [5, 5.41) is 0. The molecule has 0 spiro atoms. The molecule has 0 unspecified atom stereocenters. The first-order chi connectivity index (χ1) is 14.5. The third-order valence-electron chi connectivity index (χ3n) is 5.51. The number of hydrogen-bond acceptors (Lipinski definition) is 4. The van der Waals surface area contributed by atoms with Crippen molar-refractivity contribution in [3.05, 3.63) is 35.4 Å². The van der Waals surface area contributed by atoms with Crippen LogP contribution >= 0.6 is 0 Å². The predicted octanol–water partition coefficient (Wildman–Crippen LogP) is 7.21. The first kappa shape index (κ1) is 26.2. The van der Waals surface area contributed by atoms with Gasteiger partial charge in [0.1, 0.15) is 0 Å². The summed E-state index contributed by atoms with van der Waals surface area (Å²) in [4.78, 5) is 24.4. The second-order valence-electron chi connectivity index (χ2n) is 8.68. The molecule has 0 bridgehead atoms. The van der Waals surface area contributed by atoms with Crippen LogP contribution in [0.4, 0.5) is 0 Å². The van der Waals surface area contributed by atoms with Gasteiger partial charge in [-0.1, -0.05) is 79.1 Å². The van der Waals surface area contributed by atoms with Crippen molar-refractivity contribution in [2.75, 3.05) is 13.2 Å². The number of hydrogen-bond donors (Lipinski definition) is 0. The lowest BCUT2D eigenvalue weighted by Crippen LogP contribution is -2.14. The van der Waals surface area contributed by atoms with Crippen LogP contribution in [0.3, 0.4) is 0 Å². The smallest absolute Gasteiger partial charge is 0.338 e. The number of esters is 2. The standard InChI is InChI=1S/C26H42O4/c1-5-7-14-22(6-2)20-30-26(28)24-17-15-23(16-18-24)25(27)29-19-12-10-8-9-11-13-21(3)4/h15-18,21-22H,5-14,19-20H2,1-4H3/t22-/m0/s1. The van der Waals surface area contributed by atoms with Crippen molar-refractivity contribution in [3.8, 4) is 0 Å². The van der Waals surface area contributed by atoms with Gasteiger partial charge in [-0.15, -0.1) is 0 Å². The van der Waals surface area contributed by atoms with Crippen molar-refractivity contribution in [1.82, 2.24) is 0 Å². The normalized spacial score (nSPS) is 12.0. The molecule has 0 radical (unpaired) electrons. The molecular formula is C26H42O4. The van der Waals surface area contributed by atoms with Gasteiger partial charge in [-0.25, -0.2) is 9.59 Å². The molecule has 0 aliphatic carbocycles. The van der Waals surface area contributed by atoms with Crippen LogP contribution in [0.25, 0.3) is 0 Å². The SMILES string of the molecule is CCCC[C@H](CC)COC(=O)c1ccc(C(=O)OCCCCCCCC(C)C)cc1. The van der Waals surface area contributed by atoms with Crippen molar-refractivity contribution >= 4 is 11.9 Å². The summed E-state index contributed by atoms with van der Waals surface area (Å²) in [6.07, 6.45) is 11.4. The Morgan fingerprint density at radius 1 is 0.767 bits per heavy atom. The Hall–Kier alpha value is -1.84. The molecule has 4 heteroatoms. The summed E-state index contributed by atoms with van der Waals surface area (Å²) in [6.45, 7) is 9.71. The zero-order valence-electron chi connectivity index (χ0n) is 19.6. The monoisotopic (exact) mass is 418 g/mol. The molecule has 0 saturated carbocycles. The lowest BCUT2D eigenvalue weighted by atomic mass is 10.0. The van der Waals surface area contributed by atoms with Gasteiger partial charge in [0.2, 0.25) is 0 Å². The van der Waals surface area contributed by atoms with Crippen molar-refractivity contribution in [3.63, 3.8) is 0 Å². The second kappa shape index (κ2) is 15.9. The molecule has 0 fully saturated rings. The minimum atomic E-state index is -0.333. The molecule has 4 nitrogen and oxygen atoms in total. The van der Waals surface area contributed by atoms with E-state index in [-0.39, 0.29) is 11.9 Å². The van der Waals surface area contributed by atoms with E-state index < -0.39 is 0 Å². The van der Waals surface area contributed by atoms with Gasteiger partial charge in [0.05, 0.1) is 24.3 Å². The molecule has 0 aromatic heterocycles. The van der Waals surface area contributed by atoms with Gasteiger partial charge in [-0.2, -0.15) is 0 Å². The molecule has 0 heterocycles. The maximum atomic E-state index is 12.2. The zero-order chi connectivity index (χ0) is 22.2. The molecule has 0 amide bonds. The Kier molecular flexibility index (Phi) is 13.9. The van der Waals surface area contributed by atoms with E-state index in [1.165, 1.54) is 25.7 Å². The van der Waals surface area contributed by atoms with Gasteiger partial charge in [0.25, 0.3) is 0 Å². The van der Waals surface area contributed by atoms with Crippen molar-refractivity contribution < 1.29 is 19.1 Å². The number of rotatable bonds is 16. The molecule has 0 saturated heterocycles. The van der Waals surface area contributed by atoms with E-state index in [0.717, 1.165) is 44.4 Å². The fourth-order valence-corrected chi connectivity index (χ4v) is 3.35. The topological polar surface area (TPSA) is 52.6 Å². The Morgan fingerprint density at radius 3 is 1.90 bits per heavy atom. The Balaban J connectivity index is 2.28. The fraction of sp³-hybridized carbons (Fsp3) is 0.692. The van der Waals surface area contributed by atoms with E-state index in [2.05, 4.69) is 27.7 Å². The maximum Gasteiger partial charge on any atom is 0.338 e. The van der Waals surface area contributed by atoms with Crippen molar-refractivity contribution in [2.24, 2.45) is 11.8 Å². The number of carbonyl (C=O) groups is 2. The molecule has 0 aliphatic rings. The van der Waals surface area contributed by atoms with E-state index in [4.69, 9.17) is 9.47 Å². The van der Waals surface area contributed by atoms with Gasteiger partial charge in [0.15, 0.2) is 0 Å². The highest BCUT2D eigenvalue weighted by Crippen LogP contribution is 2.15. The number of unbranched alkanes of at least 4 members (excludes halogenated alkanes) is 5. The van der Waals surface area contributed by atoms with Crippen LogP contribution in [0.1, 0.15) is 113 Å². The summed E-state index contributed by atoms with van der Waals surface area (Å²) in [7, 11) is 0. The van der Waals surface area contributed by atoms with E-state index in [1.54, 1.807) is 24.3 Å². The molecule has 1 aromatic rings. The minimum Gasteiger partial charge on any atom is -0.462 e. The Morgan fingerprint density at radius 2 is 1.33 bits per heavy atom. The Bertz CT molecular complexity index is 592. The van der Waals surface area contributed by atoms with E-state index >= 15 is 0 Å². The molecule has 30 heavy (non-hydrogen) atoms. The van der Waals surface area contributed by atoms with Crippen molar-refractivity contribution in [2.45, 2.75) is 91.9 Å². The van der Waals surface area contributed by atoms with Crippen LogP contribution in [-0.2, 0) is 9.47 Å². The van der Waals surface area contributed by atoms with E-state index in [9.17, 15) is 9.59 Å². The fourth-order valence-electron chi connectivity index (χ4n) is 3.35. The predicted molar refractivity (Wildman–Crippen MR) is 123 cm³/mol. The highest BCUT2D eigenvalue weighted by atomic mass is 16.5. The van der Waals surface area contributed by atoms with Crippen molar-refractivity contribution in [1.29, 1.82) is 0 Å². The molecule has 0 N–H and O–H groups in total. The van der Waals surface area contributed by atoms with Gasteiger partial charge in [-0.05, 0) is 48.9 Å². The summed E-state index contributed by atoms with van der Waals surface area (Å²) in [6, 6.07) is 6.56. The van der Waals surface area contributed by atoms with Crippen LogP contribution in [0, 0.1) is 11.8 Å². The molecule has 170 valence electrons. The molecule has 0 aliphatic heterocycles. The summed E-state index contributed by atoms with van der Waals surface area (Å²) >= 11 is 0. The molecule has 1 aromatic carbocycles. The zero-order valence-corrected chi connectivity index (χ0v) is 19.6. The molecule has 1 rings (SSSR count). The Labute approximate surface area is 183 Å².